The highest BCUT2D eigenvalue weighted by Gasteiger charge is 2.15. The molecule has 3 rings (SSSR count). The predicted octanol–water partition coefficient (Wildman–Crippen LogP) is 0.902. The van der Waals surface area contributed by atoms with Crippen LogP contribution in [0.15, 0.2) is 39.9 Å². The van der Waals surface area contributed by atoms with Gasteiger partial charge in [0.2, 0.25) is 0 Å². The van der Waals surface area contributed by atoms with E-state index >= 15 is 0 Å². The highest BCUT2D eigenvalue weighted by Crippen LogP contribution is 2.29. The summed E-state index contributed by atoms with van der Waals surface area (Å²) in [5, 5.41) is 2.95. The lowest BCUT2D eigenvalue weighted by atomic mass is 10.2. The lowest BCUT2D eigenvalue weighted by molar-refractivity contribution is 0.102. The molecule has 0 radical (unpaired) electrons. The molecule has 2 heterocycles. The van der Waals surface area contributed by atoms with Crippen LogP contribution in [0.2, 0.25) is 0 Å². The topological polar surface area (TPSA) is 104 Å². The van der Waals surface area contributed by atoms with Crippen LogP contribution in [0.1, 0.15) is 10.5 Å². The molecule has 0 atom stereocenters. The van der Waals surface area contributed by atoms with Crippen LogP contribution in [-0.2, 0) is 14.1 Å². The van der Waals surface area contributed by atoms with E-state index < -0.39 is 17.2 Å². The Labute approximate surface area is 153 Å². The number of nitrogens with one attached hydrogen (secondary N) is 1. The van der Waals surface area contributed by atoms with Crippen molar-refractivity contribution in [2.45, 2.75) is 0 Å². The minimum Gasteiger partial charge on any atom is -0.493 e. The van der Waals surface area contributed by atoms with Gasteiger partial charge >= 0.3 is 5.69 Å². The molecule has 0 aliphatic heterocycles. The fourth-order valence-corrected chi connectivity index (χ4v) is 2.69. The third-order valence-corrected chi connectivity index (χ3v) is 4.18. The SMILES string of the molecule is COc1ccc(NC(=O)c2ccc3c(=O)n(C)c(=O)n(C)c3n2)cc1OC. The predicted molar refractivity (Wildman–Crippen MR) is 99.7 cm³/mol. The summed E-state index contributed by atoms with van der Waals surface area (Å²) in [6, 6.07) is 7.85. The number of fused-ring (bicyclic) bond motifs is 1. The average molecular weight is 370 g/mol. The van der Waals surface area contributed by atoms with E-state index in [0.717, 1.165) is 4.57 Å². The van der Waals surface area contributed by atoms with Crippen molar-refractivity contribution in [1.29, 1.82) is 0 Å². The average Bonchev–Trinajstić information content (AvgIpc) is 2.69. The first-order valence-electron chi connectivity index (χ1n) is 7.97. The van der Waals surface area contributed by atoms with Crippen LogP contribution in [0.25, 0.3) is 11.0 Å². The first kappa shape index (κ1) is 18.2. The fraction of sp³-hybridized carbons (Fsp3) is 0.222. The Morgan fingerprint density at radius 1 is 1.00 bits per heavy atom. The van der Waals surface area contributed by atoms with Crippen molar-refractivity contribution in [3.63, 3.8) is 0 Å². The molecule has 0 saturated carbocycles. The van der Waals surface area contributed by atoms with Crippen molar-refractivity contribution in [3.8, 4) is 11.5 Å². The molecule has 140 valence electrons. The highest BCUT2D eigenvalue weighted by molar-refractivity contribution is 6.04. The summed E-state index contributed by atoms with van der Waals surface area (Å²) in [5.41, 5.74) is -0.286. The number of benzene rings is 1. The molecule has 0 aliphatic carbocycles. The summed E-state index contributed by atoms with van der Waals surface area (Å²) in [6.45, 7) is 0. The molecule has 9 heteroatoms. The number of rotatable bonds is 4. The summed E-state index contributed by atoms with van der Waals surface area (Å²) in [7, 11) is 5.90. The number of anilines is 1. The first-order chi connectivity index (χ1) is 12.9. The summed E-state index contributed by atoms with van der Waals surface area (Å²) in [6.07, 6.45) is 0. The van der Waals surface area contributed by atoms with Gasteiger partial charge in [0, 0.05) is 25.8 Å². The van der Waals surface area contributed by atoms with Crippen LogP contribution in [0, 0.1) is 0 Å². The van der Waals surface area contributed by atoms with Crippen LogP contribution >= 0.6 is 0 Å². The second-order valence-electron chi connectivity index (χ2n) is 5.80. The normalized spacial score (nSPS) is 10.7. The van der Waals surface area contributed by atoms with E-state index in [0.29, 0.717) is 17.2 Å². The van der Waals surface area contributed by atoms with Gasteiger partial charge in [-0.1, -0.05) is 0 Å². The lowest BCUT2D eigenvalue weighted by Gasteiger charge is -2.11. The van der Waals surface area contributed by atoms with E-state index in [1.165, 1.54) is 45.0 Å². The Morgan fingerprint density at radius 2 is 1.70 bits per heavy atom. The van der Waals surface area contributed by atoms with Gasteiger partial charge in [-0.25, -0.2) is 9.78 Å². The third-order valence-electron chi connectivity index (χ3n) is 4.18. The number of methoxy groups -OCH3 is 2. The number of aromatic nitrogens is 3. The molecule has 27 heavy (non-hydrogen) atoms. The minimum atomic E-state index is -0.516. The number of nitrogens with zero attached hydrogens (tertiary/aromatic N) is 3. The number of hydrogen-bond donors (Lipinski definition) is 1. The molecule has 0 aliphatic rings. The van der Waals surface area contributed by atoms with Gasteiger partial charge in [-0.2, -0.15) is 0 Å². The van der Waals surface area contributed by atoms with Gasteiger partial charge < -0.3 is 14.8 Å². The summed E-state index contributed by atoms with van der Waals surface area (Å²) in [5.74, 6) is 0.509. The zero-order valence-electron chi connectivity index (χ0n) is 15.3. The Hall–Kier alpha value is -3.62. The van der Waals surface area contributed by atoms with Crippen molar-refractivity contribution in [2.75, 3.05) is 19.5 Å². The van der Waals surface area contributed by atoms with Crippen LogP contribution in [0.3, 0.4) is 0 Å². The van der Waals surface area contributed by atoms with Crippen LogP contribution in [0.5, 0.6) is 11.5 Å². The zero-order valence-corrected chi connectivity index (χ0v) is 15.3. The van der Waals surface area contributed by atoms with Crippen LogP contribution in [0.4, 0.5) is 5.69 Å². The first-order valence-corrected chi connectivity index (χ1v) is 7.97. The molecule has 2 aromatic heterocycles. The van der Waals surface area contributed by atoms with Crippen molar-refractivity contribution in [2.24, 2.45) is 14.1 Å². The zero-order chi connectivity index (χ0) is 19.7. The summed E-state index contributed by atoms with van der Waals surface area (Å²) < 4.78 is 12.6. The number of aryl methyl sites for hydroxylation is 1. The second kappa shape index (κ2) is 6.94. The molecule has 1 amide bonds. The number of ether oxygens (including phenoxy) is 2. The molecule has 0 saturated heterocycles. The van der Waals surface area contributed by atoms with Gasteiger partial charge in [-0.05, 0) is 24.3 Å². The minimum absolute atomic E-state index is 0.0699. The van der Waals surface area contributed by atoms with Gasteiger partial charge in [0.1, 0.15) is 11.3 Å². The number of carbonyl (C=O) groups excluding carboxylic acids is 1. The Morgan fingerprint density at radius 3 is 2.37 bits per heavy atom. The second-order valence-corrected chi connectivity index (χ2v) is 5.80. The van der Waals surface area contributed by atoms with Crippen LogP contribution in [-0.4, -0.2) is 34.2 Å². The molecule has 9 nitrogen and oxygen atoms in total. The molecule has 0 bridgehead atoms. The highest BCUT2D eigenvalue weighted by atomic mass is 16.5. The number of amides is 1. The van der Waals surface area contributed by atoms with Gasteiger partial charge in [-0.15, -0.1) is 0 Å². The quantitative estimate of drug-likeness (QED) is 0.732. The number of pyridine rings is 1. The van der Waals surface area contributed by atoms with Gasteiger partial charge in [0.05, 0.1) is 19.6 Å². The van der Waals surface area contributed by atoms with E-state index in [4.69, 9.17) is 9.47 Å². The Balaban J connectivity index is 1.99. The molecule has 1 aromatic carbocycles. The lowest BCUT2D eigenvalue weighted by Crippen LogP contribution is -2.37. The monoisotopic (exact) mass is 370 g/mol. The summed E-state index contributed by atoms with van der Waals surface area (Å²) in [4.78, 5) is 41.0. The Kier molecular flexibility index (Phi) is 4.68. The van der Waals surface area contributed by atoms with Crippen LogP contribution < -0.4 is 26.0 Å². The number of carbonyl (C=O) groups is 1. The van der Waals surface area contributed by atoms with Gasteiger partial charge in [0.15, 0.2) is 11.5 Å². The molecule has 0 spiro atoms. The van der Waals surface area contributed by atoms with Gasteiger partial charge in [-0.3, -0.25) is 18.7 Å². The third kappa shape index (κ3) is 3.14. The van der Waals surface area contributed by atoms with E-state index in [1.54, 1.807) is 18.2 Å². The summed E-state index contributed by atoms with van der Waals surface area (Å²) >= 11 is 0. The van der Waals surface area contributed by atoms with Crippen molar-refractivity contribution in [3.05, 3.63) is 56.9 Å². The van der Waals surface area contributed by atoms with Crippen molar-refractivity contribution < 1.29 is 14.3 Å². The van der Waals surface area contributed by atoms with Crippen molar-refractivity contribution in [1.82, 2.24) is 14.1 Å². The van der Waals surface area contributed by atoms with Crippen molar-refractivity contribution >= 4 is 22.6 Å². The number of hydrogen-bond acceptors (Lipinski definition) is 6. The molecule has 0 unspecified atom stereocenters. The van der Waals surface area contributed by atoms with E-state index in [1.807, 2.05) is 0 Å². The molecular formula is C18H18N4O5. The molecular weight excluding hydrogens is 352 g/mol. The molecule has 0 fully saturated rings. The molecule has 1 N–H and O–H groups in total. The maximum Gasteiger partial charge on any atom is 0.332 e. The maximum absolute atomic E-state index is 12.5. The smallest absolute Gasteiger partial charge is 0.332 e. The van der Waals surface area contributed by atoms with E-state index in [2.05, 4.69) is 10.3 Å². The van der Waals surface area contributed by atoms with E-state index in [9.17, 15) is 14.4 Å². The molecule has 3 aromatic rings. The maximum atomic E-state index is 12.5. The Bertz CT molecular complexity index is 1160. The standard InChI is InChI=1S/C18H18N4O5/c1-21-15-11(17(24)22(2)18(21)25)6-7-12(20-15)16(23)19-10-5-8-13(26-3)14(9-10)27-4/h5-9H,1-4H3,(H,19,23). The fourth-order valence-electron chi connectivity index (χ4n) is 2.69. The largest absolute Gasteiger partial charge is 0.493 e. The van der Waals surface area contributed by atoms with E-state index in [-0.39, 0.29) is 16.7 Å². The van der Waals surface area contributed by atoms with Gasteiger partial charge in [0.25, 0.3) is 11.5 Å².